The molecule has 1 N–H and O–H groups in total. The van der Waals surface area contributed by atoms with E-state index < -0.39 is 11.9 Å². The number of para-hydroxylation sites is 1. The zero-order valence-electron chi connectivity index (χ0n) is 12.4. The van der Waals surface area contributed by atoms with Crippen molar-refractivity contribution in [2.45, 2.75) is 12.7 Å². The van der Waals surface area contributed by atoms with Gasteiger partial charge in [0.2, 0.25) is 5.95 Å². The Balaban J connectivity index is 2.31. The molecule has 0 aliphatic rings. The number of nitrogens with zero attached hydrogens (tertiary/aromatic N) is 3. The molecule has 0 unspecified atom stereocenters. The number of benzene rings is 1. The highest BCUT2D eigenvalue weighted by atomic mass is 19.4. The van der Waals surface area contributed by atoms with Crippen LogP contribution in [-0.2, 0) is 12.7 Å². The highest BCUT2D eigenvalue weighted by molar-refractivity contribution is 5.39. The van der Waals surface area contributed by atoms with Gasteiger partial charge in [-0.05, 0) is 12.1 Å². The predicted molar refractivity (Wildman–Crippen MR) is 78.2 cm³/mol. The molecule has 0 saturated carbocycles. The molecule has 2 aromatic rings. The molecule has 124 valence electrons. The Hall–Kier alpha value is -2.35. The lowest BCUT2D eigenvalue weighted by Gasteiger charge is -2.23. The Morgan fingerprint density at radius 2 is 1.96 bits per heavy atom. The van der Waals surface area contributed by atoms with Crippen LogP contribution in [0.1, 0.15) is 11.3 Å². The number of aliphatic hydroxyl groups is 1. The molecule has 8 heteroatoms. The van der Waals surface area contributed by atoms with Crippen LogP contribution in [0.5, 0.6) is 5.75 Å². The van der Waals surface area contributed by atoms with Gasteiger partial charge in [-0.25, -0.2) is 9.97 Å². The van der Waals surface area contributed by atoms with E-state index in [9.17, 15) is 18.3 Å². The quantitative estimate of drug-likeness (QED) is 0.883. The molecule has 1 heterocycles. The van der Waals surface area contributed by atoms with Gasteiger partial charge in [-0.1, -0.05) is 18.2 Å². The first-order valence-corrected chi connectivity index (χ1v) is 6.83. The maximum Gasteiger partial charge on any atom is 0.433 e. The van der Waals surface area contributed by atoms with Crippen LogP contribution in [-0.4, -0.2) is 35.3 Å². The lowest BCUT2D eigenvalue weighted by atomic mass is 10.2. The minimum Gasteiger partial charge on any atom is -0.496 e. The van der Waals surface area contributed by atoms with Gasteiger partial charge in [0.05, 0.1) is 13.7 Å². The van der Waals surface area contributed by atoms with Crippen LogP contribution in [0.25, 0.3) is 0 Å². The van der Waals surface area contributed by atoms with Crippen molar-refractivity contribution in [1.29, 1.82) is 0 Å². The number of methoxy groups -OCH3 is 1. The van der Waals surface area contributed by atoms with Crippen molar-refractivity contribution >= 4 is 5.95 Å². The second-order valence-corrected chi connectivity index (χ2v) is 4.70. The summed E-state index contributed by atoms with van der Waals surface area (Å²) in [6, 6.07) is 7.93. The summed E-state index contributed by atoms with van der Waals surface area (Å²) >= 11 is 0. The zero-order chi connectivity index (χ0) is 16.9. The van der Waals surface area contributed by atoms with E-state index in [1.54, 1.807) is 24.3 Å². The molecular weight excluding hydrogens is 311 g/mol. The fourth-order valence-electron chi connectivity index (χ4n) is 2.07. The van der Waals surface area contributed by atoms with Gasteiger partial charge in [0, 0.05) is 24.8 Å². The number of aromatic nitrogens is 2. The van der Waals surface area contributed by atoms with E-state index in [0.29, 0.717) is 5.75 Å². The summed E-state index contributed by atoms with van der Waals surface area (Å²) in [6.45, 7) is 0.0694. The summed E-state index contributed by atoms with van der Waals surface area (Å²) in [4.78, 5) is 8.90. The molecule has 0 amide bonds. The standard InChI is InChI=1S/C15H16F3N3O2/c1-23-12-5-3-2-4-11(12)10-21(8-9-22)14-19-7-6-13(20-14)15(16,17)18/h2-7,22H,8-10H2,1H3. The molecule has 1 aromatic heterocycles. The number of hydrogen-bond donors (Lipinski definition) is 1. The smallest absolute Gasteiger partial charge is 0.433 e. The monoisotopic (exact) mass is 327 g/mol. The van der Waals surface area contributed by atoms with Crippen molar-refractivity contribution in [1.82, 2.24) is 9.97 Å². The highest BCUT2D eigenvalue weighted by Crippen LogP contribution is 2.28. The molecule has 0 aliphatic heterocycles. The first-order valence-electron chi connectivity index (χ1n) is 6.83. The predicted octanol–water partition coefficient (Wildman–Crippen LogP) is 2.50. The number of alkyl halides is 3. The third-order valence-electron chi connectivity index (χ3n) is 3.14. The van der Waals surface area contributed by atoms with Gasteiger partial charge in [0.25, 0.3) is 0 Å². The maximum atomic E-state index is 12.8. The summed E-state index contributed by atoms with van der Waals surface area (Å²) in [5.41, 5.74) is -0.269. The molecule has 0 fully saturated rings. The fourth-order valence-corrected chi connectivity index (χ4v) is 2.07. The molecule has 1 aromatic carbocycles. The second-order valence-electron chi connectivity index (χ2n) is 4.70. The van der Waals surface area contributed by atoms with Crippen molar-refractivity contribution in [3.63, 3.8) is 0 Å². The molecular formula is C15H16F3N3O2. The summed E-state index contributed by atoms with van der Waals surface area (Å²) in [6.07, 6.45) is -3.50. The number of anilines is 1. The Morgan fingerprint density at radius 3 is 2.61 bits per heavy atom. The van der Waals surface area contributed by atoms with Crippen LogP contribution in [0, 0.1) is 0 Å². The first kappa shape index (κ1) is 17.0. The average molecular weight is 327 g/mol. The van der Waals surface area contributed by atoms with Gasteiger partial charge in [-0.15, -0.1) is 0 Å². The van der Waals surface area contributed by atoms with Gasteiger partial charge in [-0.3, -0.25) is 0 Å². The minimum atomic E-state index is -4.55. The third-order valence-corrected chi connectivity index (χ3v) is 3.14. The van der Waals surface area contributed by atoms with E-state index in [2.05, 4.69) is 9.97 Å². The summed E-state index contributed by atoms with van der Waals surface area (Å²) < 4.78 is 43.6. The zero-order valence-corrected chi connectivity index (χ0v) is 12.4. The van der Waals surface area contributed by atoms with E-state index in [1.165, 1.54) is 12.0 Å². The van der Waals surface area contributed by atoms with E-state index in [-0.39, 0.29) is 25.6 Å². The molecule has 0 saturated heterocycles. The van der Waals surface area contributed by atoms with Gasteiger partial charge in [-0.2, -0.15) is 13.2 Å². The summed E-state index contributed by atoms with van der Waals surface area (Å²) in [5, 5.41) is 9.18. The van der Waals surface area contributed by atoms with Crippen molar-refractivity contribution in [2.75, 3.05) is 25.2 Å². The molecule has 0 aliphatic carbocycles. The second kappa shape index (κ2) is 7.28. The number of ether oxygens (including phenoxy) is 1. The first-order chi connectivity index (χ1) is 11.0. The molecule has 2 rings (SSSR count). The Morgan fingerprint density at radius 1 is 1.22 bits per heavy atom. The third kappa shape index (κ3) is 4.32. The lowest BCUT2D eigenvalue weighted by molar-refractivity contribution is -0.141. The fraction of sp³-hybridized carbons (Fsp3) is 0.333. The minimum absolute atomic E-state index is 0.0966. The van der Waals surface area contributed by atoms with Crippen molar-refractivity contribution < 1.29 is 23.0 Å². The summed E-state index contributed by atoms with van der Waals surface area (Å²) in [5.74, 6) is 0.502. The van der Waals surface area contributed by atoms with Crippen LogP contribution < -0.4 is 9.64 Å². The number of aliphatic hydroxyl groups excluding tert-OH is 1. The van der Waals surface area contributed by atoms with E-state index >= 15 is 0 Å². The van der Waals surface area contributed by atoms with Gasteiger partial charge < -0.3 is 14.7 Å². The number of rotatable bonds is 6. The number of halogens is 3. The molecule has 23 heavy (non-hydrogen) atoms. The van der Waals surface area contributed by atoms with Crippen molar-refractivity contribution in [2.24, 2.45) is 0 Å². The van der Waals surface area contributed by atoms with Crippen LogP contribution in [0.3, 0.4) is 0 Å². The lowest BCUT2D eigenvalue weighted by Crippen LogP contribution is -2.29. The van der Waals surface area contributed by atoms with Crippen LogP contribution in [0.4, 0.5) is 19.1 Å². The maximum absolute atomic E-state index is 12.8. The molecule has 0 atom stereocenters. The molecule has 5 nitrogen and oxygen atoms in total. The largest absolute Gasteiger partial charge is 0.496 e. The Labute approximate surface area is 131 Å². The van der Waals surface area contributed by atoms with Gasteiger partial charge in [0.1, 0.15) is 11.4 Å². The molecule has 0 bridgehead atoms. The summed E-state index contributed by atoms with van der Waals surface area (Å²) in [7, 11) is 1.51. The molecule has 0 spiro atoms. The van der Waals surface area contributed by atoms with Crippen molar-refractivity contribution in [3.8, 4) is 5.75 Å². The van der Waals surface area contributed by atoms with Crippen LogP contribution in [0.15, 0.2) is 36.5 Å². The highest BCUT2D eigenvalue weighted by Gasteiger charge is 2.33. The SMILES string of the molecule is COc1ccccc1CN(CCO)c1nccc(C(F)(F)F)n1. The van der Waals surface area contributed by atoms with Gasteiger partial charge >= 0.3 is 6.18 Å². The van der Waals surface area contributed by atoms with Crippen molar-refractivity contribution in [3.05, 3.63) is 47.8 Å². The van der Waals surface area contributed by atoms with Crippen LogP contribution in [0.2, 0.25) is 0 Å². The van der Waals surface area contributed by atoms with E-state index in [0.717, 1.165) is 17.8 Å². The average Bonchev–Trinajstić information content (AvgIpc) is 2.54. The van der Waals surface area contributed by atoms with Gasteiger partial charge in [0.15, 0.2) is 0 Å². The molecule has 0 radical (unpaired) electrons. The number of hydrogen-bond acceptors (Lipinski definition) is 5. The van der Waals surface area contributed by atoms with E-state index in [1.807, 2.05) is 0 Å². The van der Waals surface area contributed by atoms with E-state index in [4.69, 9.17) is 4.74 Å². The van der Waals surface area contributed by atoms with Crippen LogP contribution >= 0.6 is 0 Å². The Bertz CT molecular complexity index is 650. The topological polar surface area (TPSA) is 58.5 Å². The normalized spacial score (nSPS) is 11.3. The Kier molecular flexibility index (Phi) is 5.38.